The van der Waals surface area contributed by atoms with Crippen molar-refractivity contribution in [2.45, 2.75) is 37.0 Å². The number of rotatable bonds is 0. The van der Waals surface area contributed by atoms with Crippen LogP contribution < -0.4 is 10.6 Å². The van der Waals surface area contributed by atoms with Crippen molar-refractivity contribution < 1.29 is 0 Å². The van der Waals surface area contributed by atoms with E-state index in [1.165, 1.54) is 6.42 Å². The standard InChI is InChI=1S/C12H16N4/c1-3-13-9-7-11(9)15-5-2-6-16-12-8-10(12)14-4-1/h1-6,9-13,15H,7-8H2. The van der Waals surface area contributed by atoms with Crippen LogP contribution in [0.2, 0.25) is 0 Å². The average Bonchev–Trinajstić information content (AvgIpc) is 3.15. The molecule has 4 unspecified atom stereocenters. The number of fused-ring (bicyclic) bond motifs is 2. The van der Waals surface area contributed by atoms with E-state index in [9.17, 15) is 0 Å². The molecule has 3 rings (SSSR count). The first kappa shape index (κ1) is 9.63. The van der Waals surface area contributed by atoms with E-state index < -0.39 is 0 Å². The van der Waals surface area contributed by atoms with Crippen LogP contribution in [0.4, 0.5) is 0 Å². The van der Waals surface area contributed by atoms with Gasteiger partial charge in [-0.05, 0) is 37.4 Å². The van der Waals surface area contributed by atoms with Gasteiger partial charge in [-0.1, -0.05) is 0 Å². The van der Waals surface area contributed by atoms with Gasteiger partial charge in [-0.15, -0.1) is 0 Å². The van der Waals surface area contributed by atoms with Crippen LogP contribution in [0.25, 0.3) is 0 Å². The lowest BCUT2D eigenvalue weighted by atomic mass is 10.5. The summed E-state index contributed by atoms with van der Waals surface area (Å²) in [7, 11) is 0. The molecule has 1 aliphatic heterocycles. The van der Waals surface area contributed by atoms with Crippen molar-refractivity contribution in [3.05, 3.63) is 24.6 Å². The quantitative estimate of drug-likeness (QED) is 0.624. The Bertz CT molecular complexity index is 335. The highest BCUT2D eigenvalue weighted by atomic mass is 15.1. The summed E-state index contributed by atoms with van der Waals surface area (Å²) in [6.45, 7) is 0. The minimum Gasteiger partial charge on any atom is -0.386 e. The van der Waals surface area contributed by atoms with E-state index in [-0.39, 0.29) is 0 Å². The molecule has 0 aromatic carbocycles. The Morgan fingerprint density at radius 1 is 0.812 bits per heavy atom. The van der Waals surface area contributed by atoms with Crippen LogP contribution in [0.5, 0.6) is 0 Å². The van der Waals surface area contributed by atoms with Crippen molar-refractivity contribution in [2.24, 2.45) is 9.98 Å². The topological polar surface area (TPSA) is 48.8 Å². The molecule has 2 aliphatic carbocycles. The van der Waals surface area contributed by atoms with Gasteiger partial charge in [0.05, 0.1) is 12.1 Å². The number of nitrogens with zero attached hydrogens (tertiary/aromatic N) is 2. The van der Waals surface area contributed by atoms with Crippen LogP contribution in [-0.2, 0) is 0 Å². The third-order valence-corrected chi connectivity index (χ3v) is 3.05. The van der Waals surface area contributed by atoms with E-state index in [1.807, 2.05) is 37.0 Å². The molecule has 1 heterocycles. The molecule has 3 aliphatic rings. The van der Waals surface area contributed by atoms with Crippen molar-refractivity contribution >= 4 is 12.4 Å². The third kappa shape index (κ3) is 2.32. The zero-order chi connectivity index (χ0) is 10.8. The Hall–Kier alpha value is -1.58. The molecule has 0 radical (unpaired) electrons. The number of hydrogen-bond acceptors (Lipinski definition) is 4. The highest BCUT2D eigenvalue weighted by Gasteiger charge is 2.36. The molecule has 0 amide bonds. The lowest BCUT2D eigenvalue weighted by Gasteiger charge is -1.99. The van der Waals surface area contributed by atoms with Crippen molar-refractivity contribution in [3.8, 4) is 0 Å². The molecule has 4 atom stereocenters. The number of aliphatic imine (C=N–C) groups is 2. The van der Waals surface area contributed by atoms with Crippen LogP contribution in [0.3, 0.4) is 0 Å². The molecule has 2 fully saturated rings. The van der Waals surface area contributed by atoms with Crippen molar-refractivity contribution in [1.29, 1.82) is 0 Å². The summed E-state index contributed by atoms with van der Waals surface area (Å²) in [6, 6.07) is 1.92. The fraction of sp³-hybridized carbons (Fsp3) is 0.500. The second-order valence-electron chi connectivity index (χ2n) is 4.47. The maximum Gasteiger partial charge on any atom is 0.0744 e. The summed E-state index contributed by atoms with van der Waals surface area (Å²) >= 11 is 0. The van der Waals surface area contributed by atoms with Gasteiger partial charge in [0.15, 0.2) is 0 Å². The van der Waals surface area contributed by atoms with Gasteiger partial charge >= 0.3 is 0 Å². The minimum atomic E-state index is 0.402. The van der Waals surface area contributed by atoms with Gasteiger partial charge in [0, 0.05) is 24.5 Å². The monoisotopic (exact) mass is 216 g/mol. The van der Waals surface area contributed by atoms with Gasteiger partial charge in [0.25, 0.3) is 0 Å². The fourth-order valence-electron chi connectivity index (χ4n) is 1.82. The first-order chi connectivity index (χ1) is 7.93. The molecule has 84 valence electrons. The van der Waals surface area contributed by atoms with Crippen LogP contribution in [0.15, 0.2) is 34.5 Å². The molecule has 0 aromatic heterocycles. The normalized spacial score (nSPS) is 40.0. The van der Waals surface area contributed by atoms with E-state index in [0.717, 1.165) is 6.42 Å². The molecular formula is C12H16N4. The Morgan fingerprint density at radius 3 is 1.94 bits per heavy atom. The van der Waals surface area contributed by atoms with Crippen LogP contribution >= 0.6 is 0 Å². The van der Waals surface area contributed by atoms with Gasteiger partial charge in [0.1, 0.15) is 0 Å². The molecule has 0 aromatic rings. The average molecular weight is 216 g/mol. The van der Waals surface area contributed by atoms with E-state index >= 15 is 0 Å². The SMILES string of the molecule is C1=CNC2CC2NC=CC=NC2CC2N=C1. The molecule has 0 spiro atoms. The number of allylic oxidation sites excluding steroid dienone is 2. The Balaban J connectivity index is 1.63. The van der Waals surface area contributed by atoms with Gasteiger partial charge in [-0.2, -0.15) is 0 Å². The predicted octanol–water partition coefficient (Wildman–Crippen LogP) is 0.630. The number of hydrogen-bond donors (Lipinski definition) is 2. The highest BCUT2D eigenvalue weighted by Crippen LogP contribution is 2.28. The summed E-state index contributed by atoms with van der Waals surface area (Å²) in [5, 5.41) is 6.67. The smallest absolute Gasteiger partial charge is 0.0744 e. The maximum atomic E-state index is 4.42. The predicted molar refractivity (Wildman–Crippen MR) is 65.9 cm³/mol. The zero-order valence-electron chi connectivity index (χ0n) is 9.08. The summed E-state index contributed by atoms with van der Waals surface area (Å²) < 4.78 is 0. The van der Waals surface area contributed by atoms with Gasteiger partial charge in [0.2, 0.25) is 0 Å². The summed E-state index contributed by atoms with van der Waals surface area (Å²) in [6.07, 6.45) is 13.9. The first-order valence-corrected chi connectivity index (χ1v) is 5.82. The molecular weight excluding hydrogens is 200 g/mol. The molecule has 4 nitrogen and oxygen atoms in total. The van der Waals surface area contributed by atoms with Gasteiger partial charge < -0.3 is 10.6 Å². The van der Waals surface area contributed by atoms with Crippen LogP contribution in [0, 0.1) is 0 Å². The minimum absolute atomic E-state index is 0.402. The molecule has 0 bridgehead atoms. The Morgan fingerprint density at radius 2 is 1.38 bits per heavy atom. The first-order valence-electron chi connectivity index (χ1n) is 5.82. The lowest BCUT2D eigenvalue weighted by Crippen LogP contribution is -2.20. The van der Waals surface area contributed by atoms with Gasteiger partial charge in [-0.3, -0.25) is 9.98 Å². The fourth-order valence-corrected chi connectivity index (χ4v) is 1.82. The van der Waals surface area contributed by atoms with Crippen molar-refractivity contribution in [2.75, 3.05) is 0 Å². The van der Waals surface area contributed by atoms with E-state index in [2.05, 4.69) is 20.6 Å². The molecule has 16 heavy (non-hydrogen) atoms. The van der Waals surface area contributed by atoms with Crippen LogP contribution in [0.1, 0.15) is 12.8 Å². The molecule has 0 saturated heterocycles. The van der Waals surface area contributed by atoms with E-state index in [4.69, 9.17) is 0 Å². The second-order valence-corrected chi connectivity index (χ2v) is 4.47. The van der Waals surface area contributed by atoms with Crippen molar-refractivity contribution in [3.63, 3.8) is 0 Å². The lowest BCUT2D eigenvalue weighted by molar-refractivity contribution is 0.757. The van der Waals surface area contributed by atoms with Gasteiger partial charge in [-0.25, -0.2) is 0 Å². The highest BCUT2D eigenvalue weighted by molar-refractivity contribution is 5.72. The molecule has 2 saturated carbocycles. The largest absolute Gasteiger partial charge is 0.386 e. The van der Waals surface area contributed by atoms with Crippen LogP contribution in [-0.4, -0.2) is 36.6 Å². The van der Waals surface area contributed by atoms with E-state index in [1.54, 1.807) is 0 Å². The Labute approximate surface area is 95.2 Å². The Kier molecular flexibility index (Phi) is 2.48. The zero-order valence-corrected chi connectivity index (χ0v) is 9.08. The van der Waals surface area contributed by atoms with Crippen molar-refractivity contribution in [1.82, 2.24) is 10.6 Å². The summed E-state index contributed by atoms with van der Waals surface area (Å²) in [5.74, 6) is 0. The molecule has 2 N–H and O–H groups in total. The number of nitrogens with one attached hydrogen (secondary N) is 2. The summed E-state index contributed by atoms with van der Waals surface area (Å²) in [4.78, 5) is 8.84. The third-order valence-electron chi connectivity index (χ3n) is 3.05. The second kappa shape index (κ2) is 4.12. The maximum absolute atomic E-state index is 4.42. The summed E-state index contributed by atoms with van der Waals surface area (Å²) in [5.41, 5.74) is 0. The van der Waals surface area contributed by atoms with E-state index in [0.29, 0.717) is 24.2 Å². The molecule has 4 heteroatoms.